The molecule has 0 aromatic heterocycles. The Balaban J connectivity index is 0. The summed E-state index contributed by atoms with van der Waals surface area (Å²) in [6.07, 6.45) is 6.08. The molecule has 20 heteroatoms. The van der Waals surface area contributed by atoms with Crippen molar-refractivity contribution in [3.8, 4) is 0 Å². The second kappa shape index (κ2) is 68.7. The number of aryl methyl sites for hydroxylation is 2. The Morgan fingerprint density at radius 1 is 0.342 bits per heavy atom. The number of alkyl halides is 3. The standard InChI is InChI=1S/C28H40Cl2O4S2.C12H26O4.C10H22O4S2.C9H9Cl.H2I/c29-23-27-5-1-25(2-6-27)9-19-35-21-17-33-15-13-31-11-12-32-14-16-34-18-22-36-20-10-26-3-7-28(24-30)8-4-26;1-3-5-13-7-9-15-11-12-16-10-8-14-6-4-2;15-9-7-13-5-3-11-1-2-12-4-6-14-8-10-16;1-2-8-3-5-9(7-10)6-4-8;/h1-8H,9-24H2;3-12H2,1-2H3;15-16H,1-10H2;2-6H,1,7H2;1H2/q;;;;+1. The van der Waals surface area contributed by atoms with Crippen LogP contribution in [0.1, 0.15) is 60.1 Å². The van der Waals surface area contributed by atoms with Gasteiger partial charge in [0.05, 0.1) is 145 Å². The summed E-state index contributed by atoms with van der Waals surface area (Å²) in [5.74, 6) is 7.43. The predicted octanol–water partition coefficient (Wildman–Crippen LogP) is 8.80. The second-order valence-corrected chi connectivity index (χ2v) is 20.6. The summed E-state index contributed by atoms with van der Waals surface area (Å²) in [7, 11) is 0. The Bertz CT molecular complexity index is 1520. The Hall–Kier alpha value is -0.0800. The summed E-state index contributed by atoms with van der Waals surface area (Å²) in [6.45, 7) is 23.5. The van der Waals surface area contributed by atoms with Gasteiger partial charge in [-0.25, -0.2) is 0 Å². The number of benzene rings is 3. The SMILES string of the molecule is C=Cc1ccc(CCl)cc1.CCCOCCOCCOCCOCCC.ClCc1ccc(CCSCCOCCOCCOCCOCCSCCc2ccc(CCl)cc2)cc1.SCCOCCOCCOCCOCCS.[IH2+]. The van der Waals surface area contributed by atoms with E-state index < -0.39 is 0 Å². The highest BCUT2D eigenvalue weighted by atomic mass is 127. The third-order valence-corrected chi connectivity index (χ3v) is 13.2. The van der Waals surface area contributed by atoms with Crippen molar-refractivity contribution in [1.29, 1.82) is 0 Å². The lowest BCUT2D eigenvalue weighted by molar-refractivity contribution is -0.00163. The molecule has 79 heavy (non-hydrogen) atoms. The summed E-state index contributed by atoms with van der Waals surface area (Å²) in [5, 5.41) is 0. The van der Waals surface area contributed by atoms with Crippen LogP contribution in [0.25, 0.3) is 6.08 Å². The topological polar surface area (TPSA) is 111 Å². The van der Waals surface area contributed by atoms with E-state index in [0.717, 1.165) is 97.8 Å². The lowest BCUT2D eigenvalue weighted by Crippen LogP contribution is -3.00. The van der Waals surface area contributed by atoms with E-state index in [4.69, 9.17) is 91.6 Å². The number of thioether (sulfide) groups is 2. The minimum atomic E-state index is 0. The first-order chi connectivity index (χ1) is 38.5. The molecular weight excluding hydrogens is 1260 g/mol. The van der Waals surface area contributed by atoms with E-state index in [1.165, 1.54) is 22.3 Å². The normalized spacial score (nSPS) is 10.7. The first-order valence-electron chi connectivity index (χ1n) is 27.4. The van der Waals surface area contributed by atoms with Gasteiger partial charge in [-0.1, -0.05) is 99.3 Å². The molecule has 0 aliphatic heterocycles. The third-order valence-electron chi connectivity index (χ3n) is 10.1. The summed E-state index contributed by atoms with van der Waals surface area (Å²) in [5.41, 5.74) is 7.33. The number of hydrogen-bond donors (Lipinski definition) is 2. The van der Waals surface area contributed by atoms with Crippen molar-refractivity contribution in [2.45, 2.75) is 57.2 Å². The molecule has 0 heterocycles. The van der Waals surface area contributed by atoms with E-state index in [1.54, 1.807) is 0 Å². The first-order valence-corrected chi connectivity index (χ1v) is 32.5. The number of thiol groups is 2. The molecule has 0 fully saturated rings. The van der Waals surface area contributed by atoms with E-state index >= 15 is 0 Å². The van der Waals surface area contributed by atoms with Crippen LogP contribution in [0.15, 0.2) is 79.4 Å². The van der Waals surface area contributed by atoms with Gasteiger partial charge in [0.1, 0.15) is 0 Å². The van der Waals surface area contributed by atoms with Crippen molar-refractivity contribution in [3.05, 3.63) is 113 Å². The Morgan fingerprint density at radius 3 is 0.810 bits per heavy atom. The van der Waals surface area contributed by atoms with Gasteiger partial charge >= 0.3 is 0 Å². The average molecular weight is 1360 g/mol. The largest absolute Gasteiger partial charge is 0.379 e. The molecule has 0 bridgehead atoms. The third kappa shape index (κ3) is 59.4. The van der Waals surface area contributed by atoms with Gasteiger partial charge in [-0.3, -0.25) is 0 Å². The highest BCUT2D eigenvalue weighted by molar-refractivity contribution is 7.99. The molecule has 0 N–H and O–H groups in total. The van der Waals surface area contributed by atoms with Crippen LogP contribution in [-0.2, 0) is 87.3 Å². The molecule has 0 saturated heterocycles. The molecule has 3 aromatic carbocycles. The number of rotatable bonds is 51. The molecule has 0 atom stereocenters. The molecule has 0 unspecified atom stereocenters. The molecule has 0 aliphatic rings. The van der Waals surface area contributed by atoms with Gasteiger partial charge in [-0.15, -0.1) is 34.8 Å². The highest BCUT2D eigenvalue weighted by Crippen LogP contribution is 2.12. The second-order valence-electron chi connectivity index (χ2n) is 16.5. The van der Waals surface area contributed by atoms with E-state index in [-0.39, 0.29) is 24.0 Å². The smallest absolute Gasteiger partial charge is 0.235 e. The van der Waals surface area contributed by atoms with Gasteiger partial charge in [0.25, 0.3) is 0 Å². The molecule has 3 aromatic rings. The summed E-state index contributed by atoms with van der Waals surface area (Å²) in [4.78, 5) is 0. The van der Waals surface area contributed by atoms with Crippen molar-refractivity contribution >= 4 is 89.7 Å². The molecule has 0 amide bonds. The highest BCUT2D eigenvalue weighted by Gasteiger charge is 2.00. The monoisotopic (exact) mass is 1360 g/mol. The van der Waals surface area contributed by atoms with Gasteiger partial charge in [0, 0.05) is 53.9 Å². The molecule has 0 radical (unpaired) electrons. The molecule has 0 saturated carbocycles. The van der Waals surface area contributed by atoms with E-state index in [2.05, 4.69) is 94.2 Å². The van der Waals surface area contributed by atoms with Gasteiger partial charge in [0.15, 0.2) is 0 Å². The van der Waals surface area contributed by atoms with E-state index in [9.17, 15) is 0 Å². The maximum Gasteiger partial charge on any atom is 0.235 e. The lowest BCUT2D eigenvalue weighted by Gasteiger charge is -2.08. The number of ether oxygens (including phenoxy) is 12. The Kier molecular flexibility index (Phi) is 70.4. The van der Waals surface area contributed by atoms with Gasteiger partial charge in [-0.05, 0) is 70.6 Å². The first kappa shape index (κ1) is 81.0. The number of halogens is 4. The summed E-state index contributed by atoms with van der Waals surface area (Å²) >= 11 is 29.1. The van der Waals surface area contributed by atoms with Gasteiger partial charge in [0.2, 0.25) is 24.0 Å². The average Bonchev–Trinajstić information content (AvgIpc) is 3.48. The quantitative estimate of drug-likeness (QED) is 0.0243. The minimum absolute atomic E-state index is 0. The zero-order valence-electron chi connectivity index (χ0n) is 47.6. The fraction of sp³-hybridized carbons (Fsp3) is 0.661. The molecule has 0 aliphatic carbocycles. The fourth-order valence-electron chi connectivity index (χ4n) is 5.86. The Labute approximate surface area is 529 Å². The molecule has 0 spiro atoms. The van der Waals surface area contributed by atoms with Gasteiger partial charge in [-0.2, -0.15) is 48.8 Å². The molecule has 458 valence electrons. The molecule has 3 rings (SSSR count). The Morgan fingerprint density at radius 2 is 0.570 bits per heavy atom. The van der Waals surface area contributed by atoms with Crippen molar-refractivity contribution in [1.82, 2.24) is 0 Å². The van der Waals surface area contributed by atoms with Crippen LogP contribution in [0, 0.1) is 0 Å². The summed E-state index contributed by atoms with van der Waals surface area (Å²) in [6, 6.07) is 25.1. The van der Waals surface area contributed by atoms with Crippen molar-refractivity contribution in [3.63, 3.8) is 0 Å². The number of hydrogen-bond acceptors (Lipinski definition) is 16. The van der Waals surface area contributed by atoms with Crippen LogP contribution in [0.5, 0.6) is 0 Å². The van der Waals surface area contributed by atoms with Gasteiger partial charge < -0.3 is 56.8 Å². The molecular formula is C59H99Cl3IO12S4+. The van der Waals surface area contributed by atoms with Crippen molar-refractivity contribution in [2.75, 3.05) is 193 Å². The molecule has 12 nitrogen and oxygen atoms in total. The zero-order chi connectivity index (χ0) is 56.7. The lowest BCUT2D eigenvalue weighted by atomic mass is 10.1. The fourth-order valence-corrected chi connectivity index (χ4v) is 8.29. The summed E-state index contributed by atoms with van der Waals surface area (Å²) < 4.78 is 64.4. The van der Waals surface area contributed by atoms with Crippen LogP contribution >= 0.6 is 83.6 Å². The van der Waals surface area contributed by atoms with Crippen LogP contribution in [0.3, 0.4) is 0 Å². The minimum Gasteiger partial charge on any atom is -0.379 e. The van der Waals surface area contributed by atoms with Crippen LogP contribution in [-0.4, -0.2) is 193 Å². The predicted molar refractivity (Wildman–Crippen MR) is 341 cm³/mol. The maximum absolute atomic E-state index is 5.82. The van der Waals surface area contributed by atoms with Crippen LogP contribution in [0.4, 0.5) is 0 Å². The van der Waals surface area contributed by atoms with Crippen LogP contribution < -0.4 is 24.0 Å². The van der Waals surface area contributed by atoms with E-state index in [1.807, 2.05) is 53.9 Å². The maximum atomic E-state index is 5.82. The van der Waals surface area contributed by atoms with E-state index in [0.29, 0.717) is 150 Å². The zero-order valence-corrected chi connectivity index (χ0v) is 55.8. The van der Waals surface area contributed by atoms with Crippen molar-refractivity contribution in [2.24, 2.45) is 0 Å². The van der Waals surface area contributed by atoms with Crippen molar-refractivity contribution < 1.29 is 80.8 Å². The van der Waals surface area contributed by atoms with Crippen LogP contribution in [0.2, 0.25) is 0 Å².